The summed E-state index contributed by atoms with van der Waals surface area (Å²) in [6, 6.07) is 36.3. The molecule has 0 saturated carbocycles. The number of benzene rings is 4. The molecule has 0 spiro atoms. The van der Waals surface area contributed by atoms with E-state index in [-0.39, 0.29) is 31.9 Å². The van der Waals surface area contributed by atoms with Crippen LogP contribution in [0.25, 0.3) is 44.1 Å². The van der Waals surface area contributed by atoms with E-state index >= 15 is 0 Å². The van der Waals surface area contributed by atoms with Crippen molar-refractivity contribution >= 4 is 21.5 Å². The summed E-state index contributed by atoms with van der Waals surface area (Å²) in [5.74, 6) is 1.26. The molecule has 0 radical (unpaired) electrons. The molecule has 0 aliphatic heterocycles. The summed E-state index contributed by atoms with van der Waals surface area (Å²) in [6.45, 7) is 13.3. The molecular formula is C38H34N2OPt. The number of hydrogen-bond acceptors (Lipinski definition) is 3. The first-order chi connectivity index (χ1) is 19.6. The Bertz CT molecular complexity index is 1890. The fourth-order valence-corrected chi connectivity index (χ4v) is 5.12. The van der Waals surface area contributed by atoms with Crippen molar-refractivity contribution in [1.82, 2.24) is 9.97 Å². The molecule has 0 N–H and O–H groups in total. The van der Waals surface area contributed by atoms with Crippen molar-refractivity contribution in [2.45, 2.75) is 52.4 Å². The van der Waals surface area contributed by atoms with Gasteiger partial charge in [-0.2, -0.15) is 0 Å². The third-order valence-electron chi connectivity index (χ3n) is 7.51. The second-order valence-electron chi connectivity index (χ2n) is 12.7. The second kappa shape index (κ2) is 11.5. The third kappa shape index (κ3) is 6.03. The van der Waals surface area contributed by atoms with E-state index in [4.69, 9.17) is 14.7 Å². The first-order valence-corrected chi connectivity index (χ1v) is 14.1. The number of nitrogens with zero attached hydrogens (tertiary/aromatic N) is 2. The fraction of sp³-hybridized carbons (Fsp3) is 0.211. The van der Waals surface area contributed by atoms with Gasteiger partial charge in [-0.3, -0.25) is 0 Å². The fourth-order valence-electron chi connectivity index (χ4n) is 5.12. The molecule has 6 rings (SSSR count). The molecule has 42 heavy (non-hydrogen) atoms. The van der Waals surface area contributed by atoms with E-state index in [1.807, 2.05) is 36.7 Å². The molecule has 6 aromatic rings. The SMILES string of the molecule is CC(C)(C)c1cc(Oc2[c-]c(-c3cc(C(C)(C)C)ccn3)c3ccccc3c2)[c-]c(-c2nccc3ccccc23)c1.[Pt+2]. The van der Waals surface area contributed by atoms with Gasteiger partial charge in [-0.25, -0.2) is 0 Å². The number of fused-ring (bicyclic) bond motifs is 2. The number of hydrogen-bond donors (Lipinski definition) is 0. The van der Waals surface area contributed by atoms with E-state index in [0.717, 1.165) is 49.6 Å². The maximum absolute atomic E-state index is 6.59. The van der Waals surface area contributed by atoms with E-state index in [9.17, 15) is 0 Å². The zero-order valence-electron chi connectivity index (χ0n) is 24.9. The average molecular weight is 730 g/mol. The minimum absolute atomic E-state index is 0. The number of ether oxygens (including phenoxy) is 1. The van der Waals surface area contributed by atoms with Crippen LogP contribution in [0.4, 0.5) is 0 Å². The maximum Gasteiger partial charge on any atom is 2.00 e. The van der Waals surface area contributed by atoms with Crippen molar-refractivity contribution in [3.05, 3.63) is 121 Å². The van der Waals surface area contributed by atoms with Crippen LogP contribution in [0.15, 0.2) is 97.3 Å². The Kier molecular flexibility index (Phi) is 8.10. The monoisotopic (exact) mass is 729 g/mol. The zero-order chi connectivity index (χ0) is 28.8. The van der Waals surface area contributed by atoms with Crippen molar-refractivity contribution in [2.75, 3.05) is 0 Å². The first kappa shape index (κ1) is 29.7. The summed E-state index contributed by atoms with van der Waals surface area (Å²) in [7, 11) is 0. The van der Waals surface area contributed by atoms with Gasteiger partial charge < -0.3 is 14.7 Å². The predicted octanol–water partition coefficient (Wildman–Crippen LogP) is 10.1. The number of aromatic nitrogens is 2. The van der Waals surface area contributed by atoms with Gasteiger partial charge in [-0.1, -0.05) is 131 Å². The molecular weight excluding hydrogens is 696 g/mol. The van der Waals surface area contributed by atoms with Crippen LogP contribution in [0.5, 0.6) is 11.5 Å². The maximum atomic E-state index is 6.59. The molecule has 0 unspecified atom stereocenters. The van der Waals surface area contributed by atoms with Crippen LogP contribution in [-0.4, -0.2) is 9.97 Å². The van der Waals surface area contributed by atoms with E-state index in [2.05, 4.69) is 114 Å². The largest absolute Gasteiger partial charge is 2.00 e. The Morgan fingerprint density at radius 2 is 1.24 bits per heavy atom. The van der Waals surface area contributed by atoms with E-state index < -0.39 is 0 Å². The van der Waals surface area contributed by atoms with Crippen LogP contribution in [0.1, 0.15) is 52.7 Å². The summed E-state index contributed by atoms with van der Waals surface area (Å²) >= 11 is 0. The summed E-state index contributed by atoms with van der Waals surface area (Å²) in [6.07, 6.45) is 3.74. The van der Waals surface area contributed by atoms with Gasteiger partial charge in [0.1, 0.15) is 0 Å². The zero-order valence-corrected chi connectivity index (χ0v) is 27.1. The molecule has 212 valence electrons. The molecule has 0 fully saturated rings. The summed E-state index contributed by atoms with van der Waals surface area (Å²) in [5, 5.41) is 4.40. The van der Waals surface area contributed by atoms with E-state index in [0.29, 0.717) is 11.5 Å². The number of pyridine rings is 2. The first-order valence-electron chi connectivity index (χ1n) is 14.1. The average Bonchev–Trinajstić information content (AvgIpc) is 2.95. The second-order valence-corrected chi connectivity index (χ2v) is 12.7. The molecule has 0 aliphatic carbocycles. The van der Waals surface area contributed by atoms with Crippen LogP contribution in [0.2, 0.25) is 0 Å². The third-order valence-corrected chi connectivity index (χ3v) is 7.51. The molecule has 0 saturated heterocycles. The molecule has 4 aromatic carbocycles. The molecule has 0 bridgehead atoms. The Balaban J connectivity index is 0.00000353. The van der Waals surface area contributed by atoms with Gasteiger partial charge in [0.2, 0.25) is 0 Å². The molecule has 0 atom stereocenters. The van der Waals surface area contributed by atoms with Gasteiger partial charge in [0.15, 0.2) is 0 Å². The molecule has 2 aromatic heterocycles. The molecule has 2 heterocycles. The van der Waals surface area contributed by atoms with Crippen molar-refractivity contribution < 1.29 is 25.8 Å². The summed E-state index contributed by atoms with van der Waals surface area (Å²) in [5.41, 5.74) is 5.90. The van der Waals surface area contributed by atoms with Gasteiger partial charge in [0.25, 0.3) is 0 Å². The van der Waals surface area contributed by atoms with Gasteiger partial charge >= 0.3 is 21.1 Å². The Labute approximate surface area is 263 Å². The standard InChI is InChI=1S/C38H34N2O.Pt/c1-37(2,3)28-16-18-39-35(23-28)34-24-31(20-26-12-8-9-13-32(26)34)41-30-21-27(19-29(22-30)38(4,5)6)36-33-14-10-7-11-25(33)15-17-40-36;/h7-20,22-23H,1-6H3;/q-2;+2. The number of rotatable bonds is 4. The Morgan fingerprint density at radius 3 is 1.98 bits per heavy atom. The molecule has 0 aliphatic rings. The summed E-state index contributed by atoms with van der Waals surface area (Å²) in [4.78, 5) is 9.52. The van der Waals surface area contributed by atoms with Crippen LogP contribution in [0.3, 0.4) is 0 Å². The van der Waals surface area contributed by atoms with Gasteiger partial charge in [0.05, 0.1) is 0 Å². The van der Waals surface area contributed by atoms with E-state index in [1.165, 1.54) is 5.56 Å². The van der Waals surface area contributed by atoms with E-state index in [1.54, 1.807) is 0 Å². The molecule has 3 nitrogen and oxygen atoms in total. The van der Waals surface area contributed by atoms with Crippen LogP contribution in [-0.2, 0) is 31.9 Å². The quantitative estimate of drug-likeness (QED) is 0.170. The van der Waals surface area contributed by atoms with Crippen molar-refractivity contribution in [3.8, 4) is 34.0 Å². The van der Waals surface area contributed by atoms with Crippen LogP contribution in [0, 0.1) is 12.1 Å². The van der Waals surface area contributed by atoms with Crippen molar-refractivity contribution in [1.29, 1.82) is 0 Å². The van der Waals surface area contributed by atoms with Gasteiger partial charge in [0, 0.05) is 23.9 Å². The minimum Gasteiger partial charge on any atom is -0.497 e. The van der Waals surface area contributed by atoms with Crippen molar-refractivity contribution in [2.24, 2.45) is 0 Å². The Morgan fingerprint density at radius 1 is 0.595 bits per heavy atom. The smallest absolute Gasteiger partial charge is 0.497 e. The normalized spacial score (nSPS) is 11.9. The van der Waals surface area contributed by atoms with Crippen LogP contribution < -0.4 is 4.74 Å². The van der Waals surface area contributed by atoms with Gasteiger partial charge in [-0.05, 0) is 50.7 Å². The van der Waals surface area contributed by atoms with Gasteiger partial charge in [-0.15, -0.1) is 22.8 Å². The molecule has 4 heteroatoms. The van der Waals surface area contributed by atoms with Crippen LogP contribution >= 0.6 is 0 Å². The minimum atomic E-state index is -0.0951. The van der Waals surface area contributed by atoms with Crippen molar-refractivity contribution in [3.63, 3.8) is 0 Å². The molecule has 0 amide bonds. The topological polar surface area (TPSA) is 35.0 Å². The summed E-state index contributed by atoms with van der Waals surface area (Å²) < 4.78 is 6.59. The Hall–Kier alpha value is -3.81. The predicted molar refractivity (Wildman–Crippen MR) is 170 cm³/mol.